The van der Waals surface area contributed by atoms with Gasteiger partial charge in [0.05, 0.1) is 0 Å². The smallest absolute Gasteiger partial charge is 0.0683 e. The van der Waals surface area contributed by atoms with Gasteiger partial charge in [0.1, 0.15) is 0 Å². The van der Waals surface area contributed by atoms with Gasteiger partial charge in [-0.05, 0) is 111 Å². The molecule has 0 N–H and O–H groups in total. The maximum absolute atomic E-state index is 2.66. The van der Waals surface area contributed by atoms with Crippen molar-refractivity contribution in [3.63, 3.8) is 0 Å². The highest BCUT2D eigenvalue weighted by molar-refractivity contribution is 7.31. The Morgan fingerprint density at radius 3 is 1.78 bits per heavy atom. The van der Waals surface area contributed by atoms with Gasteiger partial charge < -0.3 is 0 Å². The van der Waals surface area contributed by atoms with Crippen LogP contribution < -0.4 is 53.5 Å². The van der Waals surface area contributed by atoms with Gasteiger partial charge >= 0.3 is 0 Å². The van der Waals surface area contributed by atoms with Crippen LogP contribution >= 0.6 is 0 Å². The molecular formula is C42H32B2Si. The molecule has 1 atom stereocenters. The van der Waals surface area contributed by atoms with Gasteiger partial charge in [-0.25, -0.2) is 0 Å². The molecule has 0 saturated heterocycles. The van der Waals surface area contributed by atoms with Crippen molar-refractivity contribution in [3.05, 3.63) is 153 Å². The molecule has 0 fully saturated rings. The van der Waals surface area contributed by atoms with Crippen LogP contribution in [0.3, 0.4) is 0 Å². The van der Waals surface area contributed by atoms with Crippen molar-refractivity contribution in [2.45, 2.75) is 40.0 Å². The van der Waals surface area contributed by atoms with Crippen LogP contribution in [0.4, 0.5) is 0 Å². The van der Waals surface area contributed by atoms with Gasteiger partial charge in [0.2, 0.25) is 13.4 Å². The van der Waals surface area contributed by atoms with Crippen LogP contribution in [0.2, 0.25) is 0 Å². The molecule has 210 valence electrons. The Kier molecular flexibility index (Phi) is 4.58. The molecule has 0 aromatic heterocycles. The molecule has 0 saturated carbocycles. The molecule has 0 aliphatic carbocycles. The van der Waals surface area contributed by atoms with Crippen LogP contribution in [0.25, 0.3) is 0 Å². The molecular weight excluding hydrogens is 554 g/mol. The van der Waals surface area contributed by atoms with E-state index >= 15 is 0 Å². The van der Waals surface area contributed by atoms with Crippen molar-refractivity contribution in [3.8, 4) is 0 Å². The first-order chi connectivity index (χ1) is 22.1. The molecule has 6 aromatic rings. The molecule has 5 aliphatic rings. The summed E-state index contributed by atoms with van der Waals surface area (Å²) in [5.41, 5.74) is 23.3. The number of hydrogen-bond donors (Lipinski definition) is 0. The van der Waals surface area contributed by atoms with E-state index in [1.165, 1.54) is 22.2 Å². The van der Waals surface area contributed by atoms with E-state index in [1.54, 1.807) is 81.4 Å². The highest BCUT2D eigenvalue weighted by atomic mass is 28.3. The SMILES string of the molecule is Cc1cccc2c1Cc1c(C)ccc3c1B2c1ccccc1[Si]31c2cccc3c2B2c4c(cccc41)Cc1c(C)ccc(c12)C3. The van der Waals surface area contributed by atoms with E-state index in [9.17, 15) is 0 Å². The molecule has 0 bridgehead atoms. The van der Waals surface area contributed by atoms with Gasteiger partial charge in [-0.3, -0.25) is 0 Å². The van der Waals surface area contributed by atoms with E-state index in [0.29, 0.717) is 13.4 Å². The lowest BCUT2D eigenvalue weighted by Crippen LogP contribution is -2.94. The van der Waals surface area contributed by atoms with Crippen molar-refractivity contribution < 1.29 is 0 Å². The quantitative estimate of drug-likeness (QED) is 0.236. The predicted octanol–water partition coefficient (Wildman–Crippen LogP) is 1.36. The highest BCUT2D eigenvalue weighted by Gasteiger charge is 2.58. The third-order valence-electron chi connectivity index (χ3n) is 12.6. The van der Waals surface area contributed by atoms with Crippen LogP contribution in [0.5, 0.6) is 0 Å². The first kappa shape index (κ1) is 24.9. The Hall–Kier alpha value is -4.33. The van der Waals surface area contributed by atoms with Crippen LogP contribution in [0.15, 0.2) is 103 Å². The standard InChI is InChI=1S/C42H32B2Si/c1-24-9-6-13-33-30(24)23-32-26(3)18-20-38-42(32)43(33)34-12-4-5-14-35(34)45(38)36-15-7-10-27-21-29-19-17-25(2)31-22-28-11-8-16-37(45)41(28)44(39(29)31)40(27)36/h4-20H,21-23H2,1-3H3. The zero-order valence-corrected chi connectivity index (χ0v) is 27.1. The topological polar surface area (TPSA) is 0 Å². The van der Waals surface area contributed by atoms with Crippen molar-refractivity contribution in [2.24, 2.45) is 0 Å². The van der Waals surface area contributed by atoms with Crippen LogP contribution in [0.1, 0.15) is 50.1 Å². The van der Waals surface area contributed by atoms with Gasteiger partial charge in [-0.1, -0.05) is 136 Å². The molecule has 3 heteroatoms. The molecule has 0 radical (unpaired) electrons. The normalized spacial score (nSPS) is 18.3. The van der Waals surface area contributed by atoms with E-state index in [1.807, 2.05) is 0 Å². The van der Waals surface area contributed by atoms with Crippen molar-refractivity contribution in [1.29, 1.82) is 0 Å². The molecule has 6 aromatic carbocycles. The van der Waals surface area contributed by atoms with Crippen molar-refractivity contribution >= 4 is 75.0 Å². The maximum atomic E-state index is 2.60. The van der Waals surface area contributed by atoms with E-state index in [0.717, 1.165) is 19.3 Å². The summed E-state index contributed by atoms with van der Waals surface area (Å²) >= 11 is 0. The Morgan fingerprint density at radius 1 is 0.400 bits per heavy atom. The summed E-state index contributed by atoms with van der Waals surface area (Å²) in [5, 5.41) is 6.58. The largest absolute Gasteiger partial charge is 0.242 e. The Bertz CT molecular complexity index is 2350. The number of benzene rings is 6. The van der Waals surface area contributed by atoms with Gasteiger partial charge in [0.15, 0.2) is 8.07 Å². The Morgan fingerprint density at radius 2 is 0.978 bits per heavy atom. The first-order valence-corrected chi connectivity index (χ1v) is 18.7. The van der Waals surface area contributed by atoms with Gasteiger partial charge in [-0.15, -0.1) is 0 Å². The minimum absolute atomic E-state index is 0.291. The molecule has 45 heavy (non-hydrogen) atoms. The van der Waals surface area contributed by atoms with Crippen LogP contribution in [-0.4, -0.2) is 21.5 Å². The zero-order chi connectivity index (χ0) is 29.8. The molecule has 1 spiro atoms. The first-order valence-electron chi connectivity index (χ1n) is 16.7. The van der Waals surface area contributed by atoms with Gasteiger partial charge in [-0.2, -0.15) is 0 Å². The van der Waals surface area contributed by atoms with Crippen LogP contribution in [-0.2, 0) is 19.3 Å². The lowest BCUT2D eigenvalue weighted by atomic mass is 9.30. The summed E-state index contributed by atoms with van der Waals surface area (Å²) in [4.78, 5) is 0. The summed E-state index contributed by atoms with van der Waals surface area (Å²) in [6.07, 6.45) is 3.14. The molecule has 11 rings (SSSR count). The van der Waals surface area contributed by atoms with Crippen molar-refractivity contribution in [1.82, 2.24) is 0 Å². The Labute approximate surface area is 267 Å². The maximum Gasteiger partial charge on any atom is 0.242 e. The Balaban J connectivity index is 1.34. The van der Waals surface area contributed by atoms with Gasteiger partial charge in [0, 0.05) is 0 Å². The van der Waals surface area contributed by atoms with E-state index in [-0.39, 0.29) is 0 Å². The predicted molar refractivity (Wildman–Crippen MR) is 195 cm³/mol. The highest BCUT2D eigenvalue weighted by Crippen LogP contribution is 2.29. The lowest BCUT2D eigenvalue weighted by molar-refractivity contribution is 1.12. The van der Waals surface area contributed by atoms with Gasteiger partial charge in [0.25, 0.3) is 0 Å². The van der Waals surface area contributed by atoms with Crippen LogP contribution in [0, 0.1) is 20.8 Å². The zero-order valence-electron chi connectivity index (χ0n) is 26.1. The molecule has 1 unspecified atom stereocenters. The number of rotatable bonds is 0. The molecule has 0 nitrogen and oxygen atoms in total. The second-order valence-electron chi connectivity index (χ2n) is 14.4. The number of hydrogen-bond acceptors (Lipinski definition) is 0. The third-order valence-corrected chi connectivity index (χ3v) is 17.6. The fraction of sp³-hybridized carbons (Fsp3) is 0.143. The van der Waals surface area contributed by atoms with E-state index in [4.69, 9.17) is 0 Å². The second-order valence-corrected chi connectivity index (χ2v) is 18.0. The molecule has 5 heterocycles. The summed E-state index contributed by atoms with van der Waals surface area (Å²) in [6.45, 7) is 7.65. The van der Waals surface area contributed by atoms with E-state index in [2.05, 4.69) is 124 Å². The number of aryl methyl sites for hydroxylation is 3. The average Bonchev–Trinajstić information content (AvgIpc) is 3.07. The molecule has 0 amide bonds. The minimum atomic E-state index is -2.66. The second kappa shape index (κ2) is 8.27. The monoisotopic (exact) mass is 586 g/mol. The summed E-state index contributed by atoms with van der Waals surface area (Å²) in [7, 11) is -2.66. The fourth-order valence-corrected chi connectivity index (χ4v) is 16.7. The lowest BCUT2D eigenvalue weighted by Gasteiger charge is -2.52. The van der Waals surface area contributed by atoms with E-state index < -0.39 is 8.07 Å². The summed E-state index contributed by atoms with van der Waals surface area (Å²) in [6, 6.07) is 41.5. The summed E-state index contributed by atoms with van der Waals surface area (Å²) in [5.74, 6) is 0. The fourth-order valence-electron chi connectivity index (χ4n) is 10.8. The third kappa shape index (κ3) is 2.77. The summed E-state index contributed by atoms with van der Waals surface area (Å²) < 4.78 is 0. The average molecular weight is 586 g/mol. The number of fused-ring (bicyclic) bond motifs is 8. The minimum Gasteiger partial charge on any atom is -0.0683 e. The van der Waals surface area contributed by atoms with Crippen molar-refractivity contribution in [2.75, 3.05) is 0 Å². The molecule has 5 aliphatic heterocycles.